The molecule has 174 valence electrons. The maximum atomic E-state index is 12.6. The summed E-state index contributed by atoms with van der Waals surface area (Å²) in [6.07, 6.45) is 0. The summed E-state index contributed by atoms with van der Waals surface area (Å²) < 4.78 is 33.0. The zero-order chi connectivity index (χ0) is 24.1. The Labute approximate surface area is 189 Å². The molecule has 0 unspecified atom stereocenters. The number of rotatable bonds is 8. The van der Waals surface area contributed by atoms with Crippen molar-refractivity contribution in [2.24, 2.45) is 5.41 Å². The average molecular weight is 462 g/mol. The lowest BCUT2D eigenvalue weighted by Crippen LogP contribution is -2.35. The lowest BCUT2D eigenvalue weighted by molar-refractivity contribution is -0.123. The standard InChI is InChI=1S/C23H31N3O5S/c1-15-14-20(16(2)13-19(15)31-6)32(29,30)25-12-11-24-21(27)17-7-9-18(10-8-17)26-22(28)23(3,4)5/h7-10,13-14,25H,11-12H2,1-6H3,(H,24,27)(H,26,28). The zero-order valence-corrected chi connectivity index (χ0v) is 20.1. The van der Waals surface area contributed by atoms with E-state index in [-0.39, 0.29) is 29.8 Å². The molecule has 0 aliphatic heterocycles. The topological polar surface area (TPSA) is 114 Å². The molecule has 0 saturated carbocycles. The SMILES string of the molecule is COc1cc(C)c(S(=O)(=O)NCCNC(=O)c2ccc(NC(=O)C(C)(C)C)cc2)cc1C. The Balaban J connectivity index is 1.90. The fourth-order valence-electron chi connectivity index (χ4n) is 2.84. The van der Waals surface area contributed by atoms with Crippen LogP contribution in [0.25, 0.3) is 0 Å². The molecule has 0 bridgehead atoms. The molecule has 2 aromatic rings. The van der Waals surface area contributed by atoms with E-state index in [1.54, 1.807) is 50.2 Å². The normalized spacial score (nSPS) is 11.7. The van der Waals surface area contributed by atoms with Gasteiger partial charge in [0.15, 0.2) is 0 Å². The van der Waals surface area contributed by atoms with Crippen LogP contribution in [-0.4, -0.2) is 40.4 Å². The van der Waals surface area contributed by atoms with Crippen LogP contribution in [0.5, 0.6) is 5.75 Å². The van der Waals surface area contributed by atoms with Crippen LogP contribution in [-0.2, 0) is 14.8 Å². The van der Waals surface area contributed by atoms with Gasteiger partial charge in [0.2, 0.25) is 15.9 Å². The van der Waals surface area contributed by atoms with E-state index in [1.807, 2.05) is 20.8 Å². The van der Waals surface area contributed by atoms with Crippen LogP contribution in [0.3, 0.4) is 0 Å². The van der Waals surface area contributed by atoms with Gasteiger partial charge in [0.25, 0.3) is 5.91 Å². The summed E-state index contributed by atoms with van der Waals surface area (Å²) in [6.45, 7) is 9.08. The van der Waals surface area contributed by atoms with Crippen LogP contribution in [0.1, 0.15) is 42.3 Å². The van der Waals surface area contributed by atoms with Crippen molar-refractivity contribution in [1.82, 2.24) is 10.0 Å². The Morgan fingerprint density at radius 3 is 2.16 bits per heavy atom. The number of amides is 2. The number of nitrogens with one attached hydrogen (secondary N) is 3. The first-order valence-electron chi connectivity index (χ1n) is 10.2. The van der Waals surface area contributed by atoms with E-state index in [9.17, 15) is 18.0 Å². The summed E-state index contributed by atoms with van der Waals surface area (Å²) in [5.41, 5.74) is 1.77. The molecule has 0 aliphatic rings. The molecule has 9 heteroatoms. The van der Waals surface area contributed by atoms with Crippen molar-refractivity contribution in [3.8, 4) is 5.75 Å². The summed E-state index contributed by atoms with van der Waals surface area (Å²) in [4.78, 5) is 24.5. The third-order valence-electron chi connectivity index (χ3n) is 4.77. The highest BCUT2D eigenvalue weighted by molar-refractivity contribution is 7.89. The van der Waals surface area contributed by atoms with Gasteiger partial charge < -0.3 is 15.4 Å². The van der Waals surface area contributed by atoms with Crippen molar-refractivity contribution in [3.05, 3.63) is 53.1 Å². The molecule has 2 aromatic carbocycles. The minimum atomic E-state index is -3.73. The summed E-state index contributed by atoms with van der Waals surface area (Å²) >= 11 is 0. The van der Waals surface area contributed by atoms with Gasteiger partial charge in [0, 0.05) is 29.8 Å². The Hall–Kier alpha value is -2.91. The molecule has 0 saturated heterocycles. The van der Waals surface area contributed by atoms with Gasteiger partial charge in [0.1, 0.15) is 5.75 Å². The van der Waals surface area contributed by atoms with Gasteiger partial charge in [-0.3, -0.25) is 9.59 Å². The molecule has 0 aliphatic carbocycles. The number of sulfonamides is 1. The number of benzene rings is 2. The van der Waals surface area contributed by atoms with Gasteiger partial charge in [-0.25, -0.2) is 13.1 Å². The molecule has 3 N–H and O–H groups in total. The number of hydrogen-bond acceptors (Lipinski definition) is 5. The van der Waals surface area contributed by atoms with Gasteiger partial charge in [-0.2, -0.15) is 0 Å². The van der Waals surface area contributed by atoms with Gasteiger partial charge in [-0.05, 0) is 61.4 Å². The van der Waals surface area contributed by atoms with E-state index < -0.39 is 15.4 Å². The molecular weight excluding hydrogens is 430 g/mol. The number of methoxy groups -OCH3 is 1. The second-order valence-corrected chi connectivity index (χ2v) is 10.3. The van der Waals surface area contributed by atoms with Crippen LogP contribution in [0, 0.1) is 19.3 Å². The van der Waals surface area contributed by atoms with Crippen molar-refractivity contribution in [3.63, 3.8) is 0 Å². The number of aryl methyl sites for hydroxylation is 2. The fraction of sp³-hybridized carbons (Fsp3) is 0.391. The first kappa shape index (κ1) is 25.4. The minimum absolute atomic E-state index is 0.0400. The lowest BCUT2D eigenvalue weighted by atomic mass is 9.95. The van der Waals surface area contributed by atoms with Crippen LogP contribution in [0.2, 0.25) is 0 Å². The molecule has 0 atom stereocenters. The average Bonchev–Trinajstić information content (AvgIpc) is 2.72. The zero-order valence-electron chi connectivity index (χ0n) is 19.3. The molecule has 0 fully saturated rings. The van der Waals surface area contributed by atoms with Crippen LogP contribution >= 0.6 is 0 Å². The minimum Gasteiger partial charge on any atom is -0.496 e. The van der Waals surface area contributed by atoms with Crippen molar-refractivity contribution in [2.45, 2.75) is 39.5 Å². The number of ether oxygens (including phenoxy) is 1. The quantitative estimate of drug-likeness (QED) is 0.523. The Morgan fingerprint density at radius 2 is 1.59 bits per heavy atom. The molecule has 32 heavy (non-hydrogen) atoms. The van der Waals surface area contributed by atoms with E-state index in [2.05, 4.69) is 15.4 Å². The fourth-order valence-corrected chi connectivity index (χ4v) is 4.18. The summed E-state index contributed by atoms with van der Waals surface area (Å²) in [7, 11) is -2.19. The highest BCUT2D eigenvalue weighted by Gasteiger charge is 2.21. The molecule has 0 spiro atoms. The van der Waals surface area contributed by atoms with E-state index in [4.69, 9.17) is 4.74 Å². The van der Waals surface area contributed by atoms with Gasteiger partial charge in [0.05, 0.1) is 12.0 Å². The summed E-state index contributed by atoms with van der Waals surface area (Å²) in [6, 6.07) is 9.74. The third kappa shape index (κ3) is 6.54. The third-order valence-corrected chi connectivity index (χ3v) is 6.37. The van der Waals surface area contributed by atoms with E-state index in [1.165, 1.54) is 7.11 Å². The maximum absolute atomic E-state index is 12.6. The van der Waals surface area contributed by atoms with Gasteiger partial charge in [-0.15, -0.1) is 0 Å². The highest BCUT2D eigenvalue weighted by atomic mass is 32.2. The molecule has 0 aromatic heterocycles. The largest absolute Gasteiger partial charge is 0.496 e. The second kappa shape index (κ2) is 10.1. The molecule has 0 heterocycles. The van der Waals surface area contributed by atoms with Crippen molar-refractivity contribution in [2.75, 3.05) is 25.5 Å². The van der Waals surface area contributed by atoms with E-state index in [0.29, 0.717) is 28.1 Å². The van der Waals surface area contributed by atoms with E-state index >= 15 is 0 Å². The monoisotopic (exact) mass is 461 g/mol. The Bertz CT molecular complexity index is 1090. The Morgan fingerprint density at radius 1 is 0.969 bits per heavy atom. The van der Waals surface area contributed by atoms with Crippen molar-refractivity contribution in [1.29, 1.82) is 0 Å². The molecule has 0 radical (unpaired) electrons. The predicted molar refractivity (Wildman–Crippen MR) is 125 cm³/mol. The lowest BCUT2D eigenvalue weighted by Gasteiger charge is -2.17. The number of anilines is 1. The van der Waals surface area contributed by atoms with Crippen molar-refractivity contribution >= 4 is 27.5 Å². The number of hydrogen-bond donors (Lipinski definition) is 3. The smallest absolute Gasteiger partial charge is 0.251 e. The maximum Gasteiger partial charge on any atom is 0.251 e. The number of carbonyl (C=O) groups excluding carboxylic acids is 2. The van der Waals surface area contributed by atoms with Crippen LogP contribution in [0.15, 0.2) is 41.3 Å². The number of carbonyl (C=O) groups is 2. The molecule has 2 amide bonds. The molecular formula is C23H31N3O5S. The first-order valence-corrected chi connectivity index (χ1v) is 11.7. The summed E-state index contributed by atoms with van der Waals surface area (Å²) in [5.74, 6) is 0.163. The van der Waals surface area contributed by atoms with Crippen molar-refractivity contribution < 1.29 is 22.7 Å². The molecule has 8 nitrogen and oxygen atoms in total. The van der Waals surface area contributed by atoms with Crippen LogP contribution < -0.4 is 20.1 Å². The second-order valence-electron chi connectivity index (χ2n) is 8.52. The van der Waals surface area contributed by atoms with Gasteiger partial charge >= 0.3 is 0 Å². The highest BCUT2D eigenvalue weighted by Crippen LogP contribution is 2.25. The first-order chi connectivity index (χ1) is 14.8. The van der Waals surface area contributed by atoms with E-state index in [0.717, 1.165) is 0 Å². The van der Waals surface area contributed by atoms with Gasteiger partial charge in [-0.1, -0.05) is 20.8 Å². The molecule has 2 rings (SSSR count). The Kier molecular flexibility index (Phi) is 8.03. The van der Waals surface area contributed by atoms with Crippen LogP contribution in [0.4, 0.5) is 5.69 Å². The summed E-state index contributed by atoms with van der Waals surface area (Å²) in [5, 5.41) is 5.47. The predicted octanol–water partition coefficient (Wildman–Crippen LogP) is 3.00.